The molecule has 0 radical (unpaired) electrons. The monoisotopic (exact) mass is 641 g/mol. The van der Waals surface area contributed by atoms with E-state index in [2.05, 4.69) is 19.9 Å². The van der Waals surface area contributed by atoms with Crippen LogP contribution >= 0.6 is 15.6 Å². The number of para-hydroxylation sites is 2. The van der Waals surface area contributed by atoms with Crippen molar-refractivity contribution in [3.05, 3.63) is 43.2 Å². The molecule has 0 amide bonds. The Kier molecular flexibility index (Phi) is 7.13. The van der Waals surface area contributed by atoms with Crippen LogP contribution in [0.25, 0.3) is 22.2 Å². The summed E-state index contributed by atoms with van der Waals surface area (Å²) in [6, 6.07) is 6.98. The first-order chi connectivity index (χ1) is 20.5. The summed E-state index contributed by atoms with van der Waals surface area (Å²) in [4.78, 5) is 37.6. The van der Waals surface area contributed by atoms with Crippen LogP contribution in [0.1, 0.15) is 12.5 Å². The Hall–Kier alpha value is -2.90. The highest BCUT2D eigenvalue weighted by molar-refractivity contribution is 7.47. The summed E-state index contributed by atoms with van der Waals surface area (Å²) in [6.07, 6.45) is -7.86. The fourth-order valence-corrected chi connectivity index (χ4v) is 7.25. The number of benzene rings is 1. The number of aliphatic hydroxyl groups excluding tert-OH is 2. The van der Waals surface area contributed by atoms with Crippen molar-refractivity contribution in [3.63, 3.8) is 0 Å². The molecule has 0 aliphatic carbocycles. The molecule has 43 heavy (non-hydrogen) atoms. The Morgan fingerprint density at radius 3 is 2.28 bits per heavy atom. The van der Waals surface area contributed by atoms with Crippen LogP contribution in [0, 0.1) is 0 Å². The Morgan fingerprint density at radius 1 is 0.814 bits per heavy atom. The van der Waals surface area contributed by atoms with Crippen LogP contribution in [-0.2, 0) is 36.7 Å². The summed E-state index contributed by atoms with van der Waals surface area (Å²) < 4.78 is 61.8. The zero-order valence-electron chi connectivity index (χ0n) is 21.8. The molecule has 0 spiro atoms. The van der Waals surface area contributed by atoms with Gasteiger partial charge in [-0.3, -0.25) is 22.7 Å². The molecule has 10 atom stereocenters. The van der Waals surface area contributed by atoms with Crippen molar-refractivity contribution >= 4 is 43.7 Å². The number of nitrogens with two attached hydrogens (primary N) is 1. The van der Waals surface area contributed by atoms with Gasteiger partial charge in [0.15, 0.2) is 23.9 Å². The molecule has 3 aliphatic heterocycles. The Balaban J connectivity index is 1.20. The predicted octanol–water partition coefficient (Wildman–Crippen LogP) is -0.00700. The molecule has 2 bridgehead atoms. The third-order valence-corrected chi connectivity index (χ3v) is 9.32. The number of phosphoric ester groups is 2. The Morgan fingerprint density at radius 2 is 1.49 bits per heavy atom. The largest absolute Gasteiger partial charge is 0.472 e. The molecule has 3 fully saturated rings. The van der Waals surface area contributed by atoms with Gasteiger partial charge in [-0.25, -0.2) is 29.1 Å². The van der Waals surface area contributed by atoms with Gasteiger partial charge in [0, 0.05) is 0 Å². The van der Waals surface area contributed by atoms with Gasteiger partial charge >= 0.3 is 15.6 Å². The average molecular weight is 641 g/mol. The highest BCUT2D eigenvalue weighted by Crippen LogP contribution is 2.53. The van der Waals surface area contributed by atoms with E-state index >= 15 is 0 Å². The summed E-state index contributed by atoms with van der Waals surface area (Å²) in [5, 5.41) is 22.1. The summed E-state index contributed by atoms with van der Waals surface area (Å²) in [5.41, 5.74) is 7.36. The van der Waals surface area contributed by atoms with Crippen molar-refractivity contribution in [1.82, 2.24) is 29.1 Å². The van der Waals surface area contributed by atoms with E-state index in [0.717, 1.165) is 6.33 Å². The minimum absolute atomic E-state index is 0.0478. The summed E-state index contributed by atoms with van der Waals surface area (Å²) in [5.74, 6) is 0.0478. The lowest BCUT2D eigenvalue weighted by Gasteiger charge is -2.25. The van der Waals surface area contributed by atoms with E-state index in [9.17, 15) is 29.1 Å². The number of anilines is 1. The predicted molar refractivity (Wildman–Crippen MR) is 141 cm³/mol. The molecule has 6 N–H and O–H groups in total. The Bertz CT molecular complexity index is 1770. The zero-order valence-corrected chi connectivity index (χ0v) is 23.6. The number of nitrogen functional groups attached to an aromatic ring is 1. The van der Waals surface area contributed by atoms with Crippen LogP contribution in [-0.4, -0.2) is 98.9 Å². The summed E-state index contributed by atoms with van der Waals surface area (Å²) in [7, 11) is -9.97. The zero-order chi connectivity index (χ0) is 30.1. The van der Waals surface area contributed by atoms with Crippen molar-refractivity contribution in [1.29, 1.82) is 0 Å². The second-order valence-corrected chi connectivity index (χ2v) is 12.8. The van der Waals surface area contributed by atoms with E-state index in [0.29, 0.717) is 11.0 Å². The van der Waals surface area contributed by atoms with Gasteiger partial charge in [-0.15, -0.1) is 0 Å². The maximum absolute atomic E-state index is 13.2. The van der Waals surface area contributed by atoms with Gasteiger partial charge in [0.2, 0.25) is 0 Å². The number of imidazole rings is 2. The first-order valence-electron chi connectivity index (χ1n) is 12.8. The molecule has 3 aliphatic rings. The maximum atomic E-state index is 13.2. The van der Waals surface area contributed by atoms with Gasteiger partial charge < -0.3 is 39.8 Å². The molecule has 3 aromatic heterocycles. The first kappa shape index (κ1) is 28.8. The number of aliphatic hydroxyl groups is 2. The summed E-state index contributed by atoms with van der Waals surface area (Å²) >= 11 is 0. The maximum Gasteiger partial charge on any atom is 0.472 e. The highest BCUT2D eigenvalue weighted by Gasteiger charge is 2.53. The number of aromatic nitrogens is 6. The van der Waals surface area contributed by atoms with Crippen molar-refractivity contribution in [2.45, 2.75) is 49.1 Å². The van der Waals surface area contributed by atoms with Gasteiger partial charge in [0.1, 0.15) is 48.5 Å². The quantitative estimate of drug-likeness (QED) is 0.180. The van der Waals surface area contributed by atoms with E-state index in [1.165, 1.54) is 21.8 Å². The molecule has 4 unspecified atom stereocenters. The number of rotatable bonds is 2. The van der Waals surface area contributed by atoms with Crippen molar-refractivity contribution in [2.24, 2.45) is 0 Å². The lowest BCUT2D eigenvalue weighted by atomic mass is 10.1. The van der Waals surface area contributed by atoms with Crippen molar-refractivity contribution in [3.8, 4) is 0 Å². The second kappa shape index (κ2) is 10.6. The fraction of sp³-hybridized carbons (Fsp3) is 0.455. The number of hydrogen-bond donors (Lipinski definition) is 5. The van der Waals surface area contributed by atoms with E-state index in [4.69, 9.17) is 33.3 Å². The molecular formula is C22H25N7O12P2. The van der Waals surface area contributed by atoms with Crippen LogP contribution in [0.2, 0.25) is 0 Å². The number of phosphoric acid groups is 2. The van der Waals surface area contributed by atoms with Gasteiger partial charge in [0.25, 0.3) is 0 Å². The van der Waals surface area contributed by atoms with E-state index < -0.39 is 77.9 Å². The van der Waals surface area contributed by atoms with Crippen molar-refractivity contribution in [2.75, 3.05) is 18.9 Å². The molecule has 3 saturated heterocycles. The van der Waals surface area contributed by atoms with E-state index in [1.807, 2.05) is 0 Å². The molecule has 0 saturated carbocycles. The van der Waals surface area contributed by atoms with Crippen molar-refractivity contribution < 1.29 is 56.7 Å². The van der Waals surface area contributed by atoms with Gasteiger partial charge in [0.05, 0.1) is 36.9 Å². The molecule has 7 rings (SSSR count). The second-order valence-electron chi connectivity index (χ2n) is 10.0. The third kappa shape index (κ3) is 5.16. The minimum Gasteiger partial charge on any atom is -0.387 e. The van der Waals surface area contributed by atoms with Crippen LogP contribution in [0.4, 0.5) is 5.82 Å². The van der Waals surface area contributed by atoms with Crippen LogP contribution < -0.4 is 5.73 Å². The molecule has 1 aromatic carbocycles. The molecular weight excluding hydrogens is 616 g/mol. The molecule has 21 heteroatoms. The summed E-state index contributed by atoms with van der Waals surface area (Å²) in [6.45, 7) is -1.47. The molecule has 19 nitrogen and oxygen atoms in total. The number of hydrogen-bond acceptors (Lipinski definition) is 15. The van der Waals surface area contributed by atoms with E-state index in [-0.39, 0.29) is 17.0 Å². The lowest BCUT2D eigenvalue weighted by molar-refractivity contribution is -0.0671. The fourth-order valence-electron chi connectivity index (χ4n) is 5.35. The topological polar surface area (TPSA) is 258 Å². The van der Waals surface area contributed by atoms with Gasteiger partial charge in [-0.05, 0) is 12.1 Å². The SMILES string of the molecule is Nc1ncnc2c1ncn2[C@@H]1O[C@@H]2COP(=O)(O)O[C@@H]3C(O)[C@H](n4cnc5ccccc54)O[C@@H]3COP(=O)(O)O[C@H]1C2O. The molecule has 6 heterocycles. The average Bonchev–Trinajstić information content (AvgIpc) is 3.72. The van der Waals surface area contributed by atoms with Crippen LogP contribution in [0.15, 0.2) is 43.2 Å². The third-order valence-electron chi connectivity index (χ3n) is 7.35. The van der Waals surface area contributed by atoms with Gasteiger partial charge in [-0.1, -0.05) is 12.1 Å². The van der Waals surface area contributed by atoms with Gasteiger partial charge in [-0.2, -0.15) is 0 Å². The number of fused-ring (bicyclic) bond motifs is 5. The molecule has 4 aromatic rings. The number of nitrogens with zero attached hydrogens (tertiary/aromatic N) is 6. The highest BCUT2D eigenvalue weighted by atomic mass is 31.2. The van der Waals surface area contributed by atoms with Crippen LogP contribution in [0.3, 0.4) is 0 Å². The first-order valence-corrected chi connectivity index (χ1v) is 15.8. The number of ether oxygens (including phenoxy) is 2. The minimum atomic E-state index is -5.01. The van der Waals surface area contributed by atoms with Crippen LogP contribution in [0.5, 0.6) is 0 Å². The Labute approximate surface area is 240 Å². The smallest absolute Gasteiger partial charge is 0.387 e. The lowest BCUT2D eigenvalue weighted by Crippen LogP contribution is -2.36. The molecule has 230 valence electrons. The van der Waals surface area contributed by atoms with E-state index in [1.54, 1.807) is 24.3 Å². The standard InChI is InChI=1S/C22H25N7O12P2/c23-19-14-20(25-7-24-19)29(9-27-14)22-18-15(30)12(38-22)5-36-42(32,33)40-17-13(6-37-43(34,35)41-18)39-21(16(17)31)28-8-26-10-3-1-2-4-11(10)28/h1-4,7-9,12-13,15-18,21-22,30-31H,5-6H2,(H,32,33)(H,34,35)(H2,23,24,25)/t12-,13-,15?,16?,17+,18+,21-,22-/m1/s1. The normalized spacial score (nSPS) is 38.9.